The number of aromatic carboxylic acids is 1. The number of halogens is 3. The number of nitrogens with one attached hydrogen (secondary N) is 1. The van der Waals surface area contributed by atoms with Crippen molar-refractivity contribution in [3.8, 4) is 0 Å². The number of carbonyl (C=O) groups is 1. The summed E-state index contributed by atoms with van der Waals surface area (Å²) in [5.74, 6) is -1.66. The maximum Gasteiger partial charge on any atom is 0.416 e. The number of carboxylic acid groups (broad SMARTS) is 1. The predicted octanol–water partition coefficient (Wildman–Crippen LogP) is 2.70. The smallest absolute Gasteiger partial charge is 0.416 e. The molecule has 0 radical (unpaired) electrons. The van der Waals surface area contributed by atoms with E-state index in [4.69, 9.17) is 10.2 Å². The Bertz CT molecular complexity index is 1040. The lowest BCUT2D eigenvalue weighted by molar-refractivity contribution is -0.384. The Labute approximate surface area is 149 Å². The molecule has 0 bridgehead atoms. The van der Waals surface area contributed by atoms with Crippen LogP contribution in [-0.4, -0.2) is 24.4 Å². The maximum absolute atomic E-state index is 12.8. The highest BCUT2D eigenvalue weighted by atomic mass is 32.2. The largest absolute Gasteiger partial charge is 0.478 e. The van der Waals surface area contributed by atoms with Gasteiger partial charge in [0.15, 0.2) is 0 Å². The number of nitro benzene ring substituents is 1. The highest BCUT2D eigenvalue weighted by molar-refractivity contribution is 7.89. The third kappa shape index (κ3) is 4.51. The highest BCUT2D eigenvalue weighted by Crippen LogP contribution is 2.37. The van der Waals surface area contributed by atoms with Crippen molar-refractivity contribution in [1.82, 2.24) is 0 Å². The summed E-state index contributed by atoms with van der Waals surface area (Å²) in [4.78, 5) is 20.3. The lowest BCUT2D eigenvalue weighted by Crippen LogP contribution is -2.16. The second kappa shape index (κ2) is 6.85. The molecule has 0 amide bonds. The van der Waals surface area contributed by atoms with Crippen LogP contribution in [0.1, 0.15) is 15.9 Å². The lowest BCUT2D eigenvalue weighted by atomic mass is 10.1. The lowest BCUT2D eigenvalue weighted by Gasteiger charge is -2.14. The predicted molar refractivity (Wildman–Crippen MR) is 86.2 cm³/mol. The fourth-order valence-corrected chi connectivity index (χ4v) is 2.87. The molecular formula is C14H10F3N3O6S. The van der Waals surface area contributed by atoms with Crippen LogP contribution in [0.2, 0.25) is 0 Å². The molecule has 0 saturated heterocycles. The van der Waals surface area contributed by atoms with Gasteiger partial charge in [-0.05, 0) is 24.3 Å². The third-order valence-electron chi connectivity index (χ3n) is 3.29. The number of nitrogens with two attached hydrogens (primary N) is 1. The van der Waals surface area contributed by atoms with Crippen LogP contribution in [0.3, 0.4) is 0 Å². The van der Waals surface area contributed by atoms with Gasteiger partial charge >= 0.3 is 12.1 Å². The summed E-state index contributed by atoms with van der Waals surface area (Å²) < 4.78 is 61.9. The zero-order chi connectivity index (χ0) is 20.6. The van der Waals surface area contributed by atoms with Gasteiger partial charge in [-0.1, -0.05) is 6.07 Å². The number of anilines is 2. The number of carboxylic acids is 1. The van der Waals surface area contributed by atoms with Crippen molar-refractivity contribution >= 4 is 33.1 Å². The van der Waals surface area contributed by atoms with Gasteiger partial charge in [0.1, 0.15) is 10.6 Å². The molecule has 0 heterocycles. The van der Waals surface area contributed by atoms with Gasteiger partial charge in [-0.25, -0.2) is 18.4 Å². The number of sulfonamides is 1. The van der Waals surface area contributed by atoms with Crippen LogP contribution in [0, 0.1) is 10.1 Å². The van der Waals surface area contributed by atoms with Crippen LogP contribution in [0.25, 0.3) is 0 Å². The molecule has 27 heavy (non-hydrogen) atoms. The van der Waals surface area contributed by atoms with Gasteiger partial charge in [-0.3, -0.25) is 10.1 Å². The topological polar surface area (TPSA) is 153 Å². The molecule has 0 aliphatic carbocycles. The fourth-order valence-electron chi connectivity index (χ4n) is 2.14. The van der Waals surface area contributed by atoms with Crippen molar-refractivity contribution in [3.05, 3.63) is 57.6 Å². The number of benzene rings is 2. The van der Waals surface area contributed by atoms with Crippen LogP contribution in [0.5, 0.6) is 0 Å². The van der Waals surface area contributed by atoms with Gasteiger partial charge in [0.05, 0.1) is 16.1 Å². The number of hydrogen-bond acceptors (Lipinski definition) is 6. The average Bonchev–Trinajstić information content (AvgIpc) is 2.52. The van der Waals surface area contributed by atoms with E-state index in [0.29, 0.717) is 18.2 Å². The first-order chi connectivity index (χ1) is 12.3. The summed E-state index contributed by atoms with van der Waals surface area (Å²) in [6, 6.07) is 4.58. The van der Waals surface area contributed by atoms with Crippen molar-refractivity contribution in [2.75, 3.05) is 5.32 Å². The Balaban J connectivity index is 2.72. The summed E-state index contributed by atoms with van der Waals surface area (Å²) in [5, 5.41) is 27.4. The van der Waals surface area contributed by atoms with E-state index in [9.17, 15) is 36.5 Å². The van der Waals surface area contributed by atoms with Gasteiger partial charge in [0.25, 0.3) is 5.69 Å². The van der Waals surface area contributed by atoms with E-state index < -0.39 is 54.5 Å². The molecule has 0 aliphatic heterocycles. The maximum atomic E-state index is 12.8. The Morgan fingerprint density at radius 3 is 2.33 bits per heavy atom. The molecule has 0 spiro atoms. The molecule has 144 valence electrons. The van der Waals surface area contributed by atoms with E-state index in [-0.39, 0.29) is 5.69 Å². The Kier molecular flexibility index (Phi) is 5.10. The molecule has 0 atom stereocenters. The highest BCUT2D eigenvalue weighted by Gasteiger charge is 2.31. The first-order valence-corrected chi connectivity index (χ1v) is 8.38. The first-order valence-electron chi connectivity index (χ1n) is 6.83. The molecule has 0 unspecified atom stereocenters. The van der Waals surface area contributed by atoms with E-state index in [1.165, 1.54) is 0 Å². The molecular weight excluding hydrogens is 395 g/mol. The van der Waals surface area contributed by atoms with Gasteiger partial charge in [0.2, 0.25) is 10.0 Å². The van der Waals surface area contributed by atoms with Gasteiger partial charge in [-0.15, -0.1) is 0 Å². The molecule has 9 nitrogen and oxygen atoms in total. The molecule has 0 fully saturated rings. The van der Waals surface area contributed by atoms with Crippen molar-refractivity contribution in [2.45, 2.75) is 11.1 Å². The molecule has 13 heteroatoms. The van der Waals surface area contributed by atoms with E-state index in [1.54, 1.807) is 0 Å². The van der Waals surface area contributed by atoms with Gasteiger partial charge in [-0.2, -0.15) is 13.2 Å². The first kappa shape index (κ1) is 20.1. The van der Waals surface area contributed by atoms with E-state index in [2.05, 4.69) is 5.32 Å². The Hall–Kier alpha value is -3.19. The van der Waals surface area contributed by atoms with Gasteiger partial charge < -0.3 is 10.4 Å². The minimum atomic E-state index is -4.71. The van der Waals surface area contributed by atoms with Crippen LogP contribution < -0.4 is 10.5 Å². The Morgan fingerprint density at radius 2 is 1.85 bits per heavy atom. The number of alkyl halides is 3. The summed E-state index contributed by atoms with van der Waals surface area (Å²) in [6.45, 7) is 0. The molecule has 2 aromatic rings. The summed E-state index contributed by atoms with van der Waals surface area (Å²) in [7, 11) is -4.66. The number of primary sulfonamides is 1. The molecule has 0 aliphatic rings. The third-order valence-corrected chi connectivity index (χ3v) is 4.23. The SMILES string of the molecule is NS(=O)(=O)c1cc(C(=O)O)cc([N+](=O)[O-])c1Nc1cccc(C(F)(F)F)c1. The van der Waals surface area contributed by atoms with Gasteiger partial charge in [0, 0.05) is 11.8 Å². The summed E-state index contributed by atoms with van der Waals surface area (Å²) in [5.41, 5.74) is -3.89. The van der Waals surface area contributed by atoms with Crippen molar-refractivity contribution in [2.24, 2.45) is 5.14 Å². The van der Waals surface area contributed by atoms with Crippen molar-refractivity contribution in [3.63, 3.8) is 0 Å². The molecule has 2 aromatic carbocycles. The minimum Gasteiger partial charge on any atom is -0.478 e. The zero-order valence-electron chi connectivity index (χ0n) is 13.0. The zero-order valence-corrected chi connectivity index (χ0v) is 13.8. The molecule has 2 rings (SSSR count). The molecule has 0 aromatic heterocycles. The van der Waals surface area contributed by atoms with Crippen LogP contribution in [-0.2, 0) is 16.2 Å². The number of nitrogens with zero attached hydrogens (tertiary/aromatic N) is 1. The Morgan fingerprint density at radius 1 is 1.22 bits per heavy atom. The average molecular weight is 405 g/mol. The van der Waals surface area contributed by atoms with Crippen LogP contribution in [0.4, 0.5) is 30.2 Å². The quantitative estimate of drug-likeness (QED) is 0.511. The van der Waals surface area contributed by atoms with Crippen molar-refractivity contribution in [1.29, 1.82) is 0 Å². The normalized spacial score (nSPS) is 11.9. The minimum absolute atomic E-state index is 0.319. The van der Waals surface area contributed by atoms with E-state index >= 15 is 0 Å². The number of hydrogen-bond donors (Lipinski definition) is 3. The second-order valence-corrected chi connectivity index (χ2v) is 6.71. The molecule has 0 saturated carbocycles. The van der Waals surface area contributed by atoms with Crippen LogP contribution >= 0.6 is 0 Å². The number of rotatable bonds is 5. The van der Waals surface area contributed by atoms with Crippen molar-refractivity contribution < 1.29 is 36.4 Å². The standard InChI is InChI=1S/C14H10F3N3O6S/c15-14(16,17)8-2-1-3-9(6-8)19-12-10(20(23)24)4-7(13(21)22)5-11(12)27(18,25)26/h1-6,19H,(H,21,22)(H2,18,25,26). The van der Waals surface area contributed by atoms with E-state index in [1.807, 2.05) is 0 Å². The molecule has 4 N–H and O–H groups in total. The summed E-state index contributed by atoms with van der Waals surface area (Å²) >= 11 is 0. The van der Waals surface area contributed by atoms with E-state index in [0.717, 1.165) is 18.2 Å². The number of nitro groups is 1. The second-order valence-electron chi connectivity index (χ2n) is 5.18. The summed E-state index contributed by atoms with van der Waals surface area (Å²) in [6.07, 6.45) is -4.71. The fraction of sp³-hybridized carbons (Fsp3) is 0.0714. The monoisotopic (exact) mass is 405 g/mol. The van der Waals surface area contributed by atoms with Crippen LogP contribution in [0.15, 0.2) is 41.3 Å².